The van der Waals surface area contributed by atoms with Gasteiger partial charge in [0.15, 0.2) is 0 Å². The second kappa shape index (κ2) is 3.16. The van der Waals surface area contributed by atoms with Gasteiger partial charge in [0.2, 0.25) is 0 Å². The fourth-order valence-electron chi connectivity index (χ4n) is 3.11. The molecule has 0 radical (unpaired) electrons. The van der Waals surface area contributed by atoms with Gasteiger partial charge in [0, 0.05) is 0 Å². The van der Waals surface area contributed by atoms with E-state index in [2.05, 4.69) is 6.92 Å². The van der Waals surface area contributed by atoms with Crippen LogP contribution in [0.4, 0.5) is 0 Å². The Hall–Kier alpha value is 0.760. The second-order valence-electron chi connectivity index (χ2n) is 4.88. The summed E-state index contributed by atoms with van der Waals surface area (Å²) >= 11 is -2.08. The third kappa shape index (κ3) is 1.20. The quantitative estimate of drug-likeness (QED) is 0.326. The molecule has 15 heavy (non-hydrogen) atoms. The van der Waals surface area contributed by atoms with E-state index >= 15 is 0 Å². The molecule has 3 saturated heterocycles. The molecule has 3 aliphatic rings. The van der Waals surface area contributed by atoms with E-state index in [0.717, 1.165) is 4.43 Å². The van der Waals surface area contributed by atoms with E-state index in [-0.39, 0.29) is 38.6 Å². The Kier molecular flexibility index (Phi) is 2.29. The average molecular weight is 345 g/mol. The van der Waals surface area contributed by atoms with Crippen molar-refractivity contribution in [3.05, 3.63) is 0 Å². The Morgan fingerprint density at radius 1 is 1.60 bits per heavy atom. The molecular weight excluding hydrogens is 331 g/mol. The average Bonchev–Trinajstić information content (AvgIpc) is 2.73. The Bertz CT molecular complexity index is 338. The predicted molar refractivity (Wildman–Crippen MR) is 50.3 cm³/mol. The summed E-state index contributed by atoms with van der Waals surface area (Å²) < 4.78 is 33.5. The molecule has 6 heteroatoms. The normalized spacial score (nSPS) is 60.1. The zero-order chi connectivity index (χ0) is 10.8. The van der Waals surface area contributed by atoms with Crippen LogP contribution in [0.5, 0.6) is 0 Å². The molecular formula is C9H14IO4S-. The molecule has 1 N–H and O–H groups in total. The van der Waals surface area contributed by atoms with Gasteiger partial charge in [0.05, 0.1) is 0 Å². The van der Waals surface area contributed by atoms with E-state index in [1.54, 1.807) is 0 Å². The van der Waals surface area contributed by atoms with Crippen molar-refractivity contribution in [3.63, 3.8) is 0 Å². The summed E-state index contributed by atoms with van der Waals surface area (Å²) in [5.41, 5.74) is -0.682. The molecule has 0 aromatic heterocycles. The van der Waals surface area contributed by atoms with Crippen molar-refractivity contribution in [1.29, 1.82) is 0 Å². The molecule has 4 nitrogen and oxygen atoms in total. The minimum absolute atomic E-state index is 0.0603. The number of hydrogen-bond donors (Lipinski definition) is 1. The fraction of sp³-hybridized carbons (Fsp3) is 1.00. The van der Waals surface area contributed by atoms with Crippen molar-refractivity contribution in [1.82, 2.24) is 0 Å². The number of ether oxygens (including phenoxy) is 1. The van der Waals surface area contributed by atoms with Crippen molar-refractivity contribution in [2.75, 3.05) is 4.43 Å². The molecule has 0 aromatic carbocycles. The third-order valence-corrected chi connectivity index (χ3v) is 7.59. The maximum atomic E-state index is 11.4. The van der Waals surface area contributed by atoms with E-state index in [4.69, 9.17) is 7.80 Å². The number of hydrogen-bond acceptors (Lipinski definition) is 3. The molecule has 0 saturated carbocycles. The summed E-state index contributed by atoms with van der Waals surface area (Å²) in [6.07, 6.45) is 0.756. The van der Waals surface area contributed by atoms with Gasteiger partial charge in [-0.05, 0) is 0 Å². The van der Waals surface area contributed by atoms with Crippen LogP contribution in [0.25, 0.3) is 0 Å². The molecule has 0 aliphatic carbocycles. The molecule has 2 bridgehead atoms. The van der Waals surface area contributed by atoms with Crippen molar-refractivity contribution in [3.8, 4) is 0 Å². The minimum atomic E-state index is -1.79. The van der Waals surface area contributed by atoms with E-state index in [1.165, 1.54) is 0 Å². The predicted octanol–water partition coefficient (Wildman–Crippen LogP) is -2.45. The molecule has 3 aliphatic heterocycles. The molecule has 6 atom stereocenters. The van der Waals surface area contributed by atoms with Gasteiger partial charge in [0.25, 0.3) is 0 Å². The summed E-state index contributed by atoms with van der Waals surface area (Å²) in [5, 5.41) is -0.245. The van der Waals surface area contributed by atoms with Crippen LogP contribution < -0.4 is 21.6 Å². The van der Waals surface area contributed by atoms with Gasteiger partial charge in [-0.3, -0.25) is 0 Å². The zero-order valence-electron chi connectivity index (χ0n) is 8.60. The van der Waals surface area contributed by atoms with Gasteiger partial charge >= 0.3 is 102 Å². The molecule has 0 aromatic rings. The van der Waals surface area contributed by atoms with Crippen LogP contribution in [-0.2, 0) is 18.9 Å². The standard InChI is InChI=1S/C9H14IO4S/c1-5-7-9(4-10-13-7)6(15(11)12)3-8(5,2)14-9/h5-7H,3-4H2,1-2H3,(H,11,12)/q-1. The van der Waals surface area contributed by atoms with Crippen LogP contribution >= 0.6 is 0 Å². The molecule has 1 spiro atoms. The van der Waals surface area contributed by atoms with Crippen molar-refractivity contribution < 1.29 is 38.2 Å². The van der Waals surface area contributed by atoms with Gasteiger partial charge in [-0.2, -0.15) is 0 Å². The first-order chi connectivity index (χ1) is 7.00. The summed E-state index contributed by atoms with van der Waals surface area (Å²) in [7, 11) is 0. The Labute approximate surface area is 102 Å². The summed E-state index contributed by atoms with van der Waals surface area (Å²) in [6.45, 7) is 4.18. The van der Waals surface area contributed by atoms with Gasteiger partial charge in [-0.25, -0.2) is 0 Å². The number of halogens is 1. The van der Waals surface area contributed by atoms with Crippen LogP contribution in [0.1, 0.15) is 20.3 Å². The van der Waals surface area contributed by atoms with Crippen LogP contribution in [0.3, 0.4) is 0 Å². The maximum absolute atomic E-state index is 11.4. The van der Waals surface area contributed by atoms with Crippen molar-refractivity contribution in [2.24, 2.45) is 5.92 Å². The fourth-order valence-corrected chi connectivity index (χ4v) is 7.54. The second-order valence-corrected chi connectivity index (χ2v) is 7.90. The first-order valence-corrected chi connectivity index (χ1v) is 8.62. The monoisotopic (exact) mass is 345 g/mol. The van der Waals surface area contributed by atoms with E-state index in [1.807, 2.05) is 6.92 Å². The van der Waals surface area contributed by atoms with E-state index in [0.29, 0.717) is 12.3 Å². The molecule has 3 fully saturated rings. The summed E-state index contributed by atoms with van der Waals surface area (Å²) in [6, 6.07) is 0. The summed E-state index contributed by atoms with van der Waals surface area (Å²) in [5.74, 6) is 0.347. The van der Waals surface area contributed by atoms with E-state index in [9.17, 15) is 8.76 Å². The molecule has 3 rings (SSSR count). The molecule has 88 valence electrons. The topological polar surface area (TPSA) is 55.8 Å². The van der Waals surface area contributed by atoms with Gasteiger partial charge < -0.3 is 0 Å². The number of alkyl halides is 1. The van der Waals surface area contributed by atoms with E-state index < -0.39 is 16.7 Å². The van der Waals surface area contributed by atoms with Crippen molar-refractivity contribution in [2.45, 2.75) is 42.8 Å². The van der Waals surface area contributed by atoms with Gasteiger partial charge in [0.1, 0.15) is 0 Å². The third-order valence-electron chi connectivity index (χ3n) is 4.12. The zero-order valence-corrected chi connectivity index (χ0v) is 11.6. The van der Waals surface area contributed by atoms with Crippen molar-refractivity contribution >= 4 is 11.1 Å². The Morgan fingerprint density at radius 2 is 2.33 bits per heavy atom. The number of rotatable bonds is 1. The Morgan fingerprint density at radius 3 is 3.00 bits per heavy atom. The number of fused-ring (bicyclic) bond motifs is 1. The first-order valence-electron chi connectivity index (χ1n) is 5.04. The molecule has 0 amide bonds. The van der Waals surface area contributed by atoms with Gasteiger partial charge in [-0.1, -0.05) is 0 Å². The first kappa shape index (κ1) is 10.9. The SMILES string of the molecule is CC1C2O[I-]CC23OC1(C)CC3S(=O)O. The van der Waals surface area contributed by atoms with Crippen LogP contribution in [0.2, 0.25) is 0 Å². The van der Waals surface area contributed by atoms with Gasteiger partial charge in [-0.15, -0.1) is 0 Å². The molecule has 6 unspecified atom stereocenters. The Balaban J connectivity index is 2.05. The van der Waals surface area contributed by atoms with Crippen LogP contribution in [-0.4, -0.2) is 35.7 Å². The summed E-state index contributed by atoms with van der Waals surface area (Å²) in [4.78, 5) is 0. The molecule has 3 heterocycles. The van der Waals surface area contributed by atoms with Crippen LogP contribution in [0, 0.1) is 5.92 Å². The van der Waals surface area contributed by atoms with Crippen LogP contribution in [0.15, 0.2) is 0 Å².